The minimum Gasteiger partial charge on any atom is -0.375 e. The molecule has 1 amide bonds. The van der Waals surface area contributed by atoms with E-state index >= 15 is 0 Å². The Labute approximate surface area is 86.9 Å². The van der Waals surface area contributed by atoms with Gasteiger partial charge in [0, 0.05) is 0 Å². The Morgan fingerprint density at radius 3 is 2.47 bits per heavy atom. The van der Waals surface area contributed by atoms with E-state index in [0.29, 0.717) is 5.56 Å². The van der Waals surface area contributed by atoms with Gasteiger partial charge in [0.05, 0.1) is 0 Å². The van der Waals surface area contributed by atoms with Gasteiger partial charge in [-0.1, -0.05) is 19.1 Å². The van der Waals surface area contributed by atoms with E-state index in [1.807, 2.05) is 5.43 Å². The molecule has 0 heterocycles. The molecule has 82 valence electrons. The molecule has 1 unspecified atom stereocenters. The molecule has 0 radical (unpaired) electrons. The average Bonchev–Trinajstić information content (AvgIpc) is 2.27. The summed E-state index contributed by atoms with van der Waals surface area (Å²) in [5, 5.41) is 10.0. The number of carbonyl (C=O) groups excluding carboxylic acids is 1. The van der Waals surface area contributed by atoms with E-state index in [1.165, 1.54) is 24.3 Å². The van der Waals surface area contributed by atoms with Crippen molar-refractivity contribution in [2.45, 2.75) is 18.9 Å². The van der Waals surface area contributed by atoms with E-state index in [2.05, 4.69) is 0 Å². The van der Waals surface area contributed by atoms with Gasteiger partial charge in [-0.05, 0) is 24.1 Å². The number of benzene rings is 1. The summed E-state index contributed by atoms with van der Waals surface area (Å²) in [5.41, 5.74) is 0.495. The van der Waals surface area contributed by atoms with Gasteiger partial charge in [-0.25, -0.2) is 10.2 Å². The molecule has 0 aliphatic rings. The molecule has 15 heavy (non-hydrogen) atoms. The van der Waals surface area contributed by atoms with Crippen LogP contribution in [0.5, 0.6) is 0 Å². The lowest BCUT2D eigenvalue weighted by molar-refractivity contribution is -0.141. The highest BCUT2D eigenvalue weighted by Crippen LogP contribution is 2.24. The lowest BCUT2D eigenvalue weighted by Gasteiger charge is -2.24. The maximum Gasteiger partial charge on any atom is 0.270 e. The van der Waals surface area contributed by atoms with Gasteiger partial charge in [0.1, 0.15) is 5.82 Å². The summed E-state index contributed by atoms with van der Waals surface area (Å²) in [5.74, 6) is 3.83. The molecule has 0 spiro atoms. The summed E-state index contributed by atoms with van der Waals surface area (Å²) < 4.78 is 12.7. The van der Waals surface area contributed by atoms with E-state index < -0.39 is 17.3 Å². The lowest BCUT2D eigenvalue weighted by Crippen LogP contribution is -2.47. The van der Waals surface area contributed by atoms with E-state index in [0.717, 1.165) is 0 Å². The zero-order chi connectivity index (χ0) is 11.5. The average molecular weight is 212 g/mol. The molecule has 0 bridgehead atoms. The Bertz CT molecular complexity index is 353. The fourth-order valence-electron chi connectivity index (χ4n) is 1.34. The van der Waals surface area contributed by atoms with Gasteiger partial charge < -0.3 is 5.11 Å². The van der Waals surface area contributed by atoms with Gasteiger partial charge in [0.25, 0.3) is 5.91 Å². The molecule has 1 rings (SSSR count). The third-order valence-corrected chi connectivity index (χ3v) is 2.34. The number of halogens is 1. The van der Waals surface area contributed by atoms with Crippen LogP contribution in [-0.4, -0.2) is 11.0 Å². The second-order valence-electron chi connectivity index (χ2n) is 3.19. The summed E-state index contributed by atoms with van der Waals surface area (Å²) in [7, 11) is 0. The lowest BCUT2D eigenvalue weighted by atomic mass is 9.90. The molecule has 0 saturated heterocycles. The smallest absolute Gasteiger partial charge is 0.270 e. The Hall–Kier alpha value is -1.46. The Balaban J connectivity index is 3.11. The van der Waals surface area contributed by atoms with Crippen molar-refractivity contribution in [1.82, 2.24) is 5.43 Å². The van der Waals surface area contributed by atoms with Crippen LogP contribution in [0.4, 0.5) is 4.39 Å². The van der Waals surface area contributed by atoms with Crippen LogP contribution >= 0.6 is 0 Å². The third-order valence-electron chi connectivity index (χ3n) is 2.34. The maximum absolute atomic E-state index is 12.7. The molecule has 1 atom stereocenters. The fourth-order valence-corrected chi connectivity index (χ4v) is 1.34. The van der Waals surface area contributed by atoms with Crippen molar-refractivity contribution in [1.29, 1.82) is 0 Å². The summed E-state index contributed by atoms with van der Waals surface area (Å²) >= 11 is 0. The molecule has 4 N–H and O–H groups in total. The number of hydrazine groups is 1. The fraction of sp³-hybridized carbons (Fsp3) is 0.300. The van der Waals surface area contributed by atoms with Crippen molar-refractivity contribution in [2.24, 2.45) is 5.84 Å². The quantitative estimate of drug-likeness (QED) is 0.386. The van der Waals surface area contributed by atoms with Crippen molar-refractivity contribution >= 4 is 5.91 Å². The van der Waals surface area contributed by atoms with Crippen molar-refractivity contribution in [3.8, 4) is 0 Å². The molecule has 0 fully saturated rings. The molecular formula is C10H13FN2O2. The van der Waals surface area contributed by atoms with Gasteiger partial charge in [0.15, 0.2) is 5.60 Å². The van der Waals surface area contributed by atoms with Gasteiger partial charge >= 0.3 is 0 Å². The van der Waals surface area contributed by atoms with E-state index in [-0.39, 0.29) is 6.42 Å². The summed E-state index contributed by atoms with van der Waals surface area (Å²) in [6.45, 7) is 1.64. The van der Waals surface area contributed by atoms with Crippen LogP contribution in [0.3, 0.4) is 0 Å². The molecule has 1 aromatic carbocycles. The molecule has 0 aliphatic heterocycles. The number of hydrogen-bond donors (Lipinski definition) is 3. The third kappa shape index (κ3) is 2.14. The molecular weight excluding hydrogens is 199 g/mol. The zero-order valence-corrected chi connectivity index (χ0v) is 8.33. The highest BCUT2D eigenvalue weighted by atomic mass is 19.1. The van der Waals surface area contributed by atoms with Crippen molar-refractivity contribution in [3.63, 3.8) is 0 Å². The van der Waals surface area contributed by atoms with Crippen molar-refractivity contribution in [3.05, 3.63) is 35.6 Å². The highest BCUT2D eigenvalue weighted by Gasteiger charge is 2.35. The van der Waals surface area contributed by atoms with Crippen LogP contribution in [0.25, 0.3) is 0 Å². The monoisotopic (exact) mass is 212 g/mol. The predicted molar refractivity (Wildman–Crippen MR) is 52.9 cm³/mol. The summed E-state index contributed by atoms with van der Waals surface area (Å²) in [6, 6.07) is 5.07. The minimum atomic E-state index is -1.71. The molecule has 5 heteroatoms. The van der Waals surface area contributed by atoms with Crippen LogP contribution in [0.1, 0.15) is 18.9 Å². The Morgan fingerprint density at radius 1 is 1.53 bits per heavy atom. The minimum absolute atomic E-state index is 0.154. The number of nitrogens with two attached hydrogens (primary N) is 1. The number of carbonyl (C=O) groups is 1. The van der Waals surface area contributed by atoms with Crippen molar-refractivity contribution < 1.29 is 14.3 Å². The van der Waals surface area contributed by atoms with Gasteiger partial charge in [-0.2, -0.15) is 0 Å². The van der Waals surface area contributed by atoms with Gasteiger partial charge in [0.2, 0.25) is 0 Å². The summed E-state index contributed by atoms with van der Waals surface area (Å²) in [4.78, 5) is 11.4. The SMILES string of the molecule is CCC(O)(C(=O)NN)c1ccc(F)cc1. The molecule has 0 aromatic heterocycles. The maximum atomic E-state index is 12.7. The van der Waals surface area contributed by atoms with Crippen LogP contribution in [0.2, 0.25) is 0 Å². The van der Waals surface area contributed by atoms with E-state index in [4.69, 9.17) is 5.84 Å². The Morgan fingerprint density at radius 2 is 2.07 bits per heavy atom. The van der Waals surface area contributed by atoms with Crippen LogP contribution in [0.15, 0.2) is 24.3 Å². The Kier molecular flexibility index (Phi) is 3.39. The van der Waals surface area contributed by atoms with E-state index in [9.17, 15) is 14.3 Å². The van der Waals surface area contributed by atoms with E-state index in [1.54, 1.807) is 6.92 Å². The topological polar surface area (TPSA) is 75.3 Å². The number of nitrogens with one attached hydrogen (secondary N) is 1. The zero-order valence-electron chi connectivity index (χ0n) is 8.33. The largest absolute Gasteiger partial charge is 0.375 e. The van der Waals surface area contributed by atoms with Crippen molar-refractivity contribution in [2.75, 3.05) is 0 Å². The second kappa shape index (κ2) is 4.37. The number of hydrogen-bond acceptors (Lipinski definition) is 3. The predicted octanol–water partition coefficient (Wildman–Crippen LogP) is 0.413. The number of aliphatic hydroxyl groups is 1. The van der Waals surface area contributed by atoms with Crippen LogP contribution in [0, 0.1) is 5.82 Å². The van der Waals surface area contributed by atoms with Gasteiger partial charge in [-0.3, -0.25) is 10.2 Å². The molecule has 1 aromatic rings. The van der Waals surface area contributed by atoms with Gasteiger partial charge in [-0.15, -0.1) is 0 Å². The number of amides is 1. The molecule has 4 nitrogen and oxygen atoms in total. The van der Waals surface area contributed by atoms with Crippen LogP contribution < -0.4 is 11.3 Å². The summed E-state index contributed by atoms with van der Waals surface area (Å²) in [6.07, 6.45) is 0.154. The van der Waals surface area contributed by atoms with Crippen LogP contribution in [-0.2, 0) is 10.4 Å². The molecule has 0 saturated carbocycles. The molecule has 0 aliphatic carbocycles. The second-order valence-corrected chi connectivity index (χ2v) is 3.19. The number of rotatable bonds is 3. The first-order chi connectivity index (χ1) is 7.04. The standard InChI is InChI=1S/C10H13FN2O2/c1-2-10(15,9(14)13-12)7-3-5-8(11)6-4-7/h3-6,15H,2,12H2,1H3,(H,13,14). The normalized spacial score (nSPS) is 14.4. The highest BCUT2D eigenvalue weighted by molar-refractivity contribution is 5.85. The first-order valence-corrected chi connectivity index (χ1v) is 4.54. The first-order valence-electron chi connectivity index (χ1n) is 4.54. The first kappa shape index (κ1) is 11.6.